The lowest BCUT2D eigenvalue weighted by atomic mass is 10.5. The number of nitrogens with one attached hydrogen (secondary N) is 1. The number of amides is 1. The molecule has 0 bridgehead atoms. The highest BCUT2D eigenvalue weighted by Gasteiger charge is 2.09. The molecule has 1 amide bonds. The standard InChI is InChI=1S/C8H14N4O3S/c1-16(14,15)6-8(13)10-2-3-12-5-7(9)4-11-12/h4-5H,2-3,6,9H2,1H3,(H,10,13). The van der Waals surface area contributed by atoms with Gasteiger partial charge in [-0.25, -0.2) is 8.42 Å². The second-order valence-corrected chi connectivity index (χ2v) is 5.60. The van der Waals surface area contributed by atoms with Crippen molar-refractivity contribution in [2.24, 2.45) is 0 Å². The molecule has 0 saturated carbocycles. The third-order valence-corrected chi connectivity index (χ3v) is 2.50. The number of hydrogen-bond donors (Lipinski definition) is 2. The average Bonchev–Trinajstić information content (AvgIpc) is 2.48. The molecule has 0 aromatic carbocycles. The van der Waals surface area contributed by atoms with Gasteiger partial charge in [0.2, 0.25) is 5.91 Å². The Morgan fingerprint density at radius 2 is 2.31 bits per heavy atom. The van der Waals surface area contributed by atoms with E-state index in [4.69, 9.17) is 5.73 Å². The zero-order valence-corrected chi connectivity index (χ0v) is 9.70. The van der Waals surface area contributed by atoms with Crippen LogP contribution < -0.4 is 11.1 Å². The van der Waals surface area contributed by atoms with Crippen molar-refractivity contribution in [1.29, 1.82) is 0 Å². The number of nitrogens with two attached hydrogens (primary N) is 1. The summed E-state index contributed by atoms with van der Waals surface area (Å²) in [5.41, 5.74) is 5.99. The monoisotopic (exact) mass is 246 g/mol. The predicted molar refractivity (Wildman–Crippen MR) is 59.4 cm³/mol. The zero-order valence-electron chi connectivity index (χ0n) is 8.88. The van der Waals surface area contributed by atoms with E-state index in [-0.39, 0.29) is 0 Å². The Kier molecular flexibility index (Phi) is 3.88. The minimum atomic E-state index is -3.27. The Morgan fingerprint density at radius 1 is 1.62 bits per heavy atom. The molecule has 0 atom stereocenters. The Balaban J connectivity index is 2.28. The average molecular weight is 246 g/mol. The maximum atomic E-state index is 11.1. The van der Waals surface area contributed by atoms with Crippen molar-refractivity contribution in [3.05, 3.63) is 12.4 Å². The summed E-state index contributed by atoms with van der Waals surface area (Å²) in [6.45, 7) is 0.766. The molecule has 0 aliphatic rings. The maximum absolute atomic E-state index is 11.1. The molecule has 16 heavy (non-hydrogen) atoms. The van der Waals surface area contributed by atoms with E-state index in [2.05, 4.69) is 10.4 Å². The smallest absolute Gasteiger partial charge is 0.235 e. The summed E-state index contributed by atoms with van der Waals surface area (Å²) >= 11 is 0. The van der Waals surface area contributed by atoms with Crippen LogP contribution in [0.2, 0.25) is 0 Å². The van der Waals surface area contributed by atoms with Gasteiger partial charge in [-0.05, 0) is 0 Å². The number of aromatic nitrogens is 2. The number of anilines is 1. The lowest BCUT2D eigenvalue weighted by Crippen LogP contribution is -2.32. The molecular weight excluding hydrogens is 232 g/mol. The van der Waals surface area contributed by atoms with Gasteiger partial charge in [0.25, 0.3) is 0 Å². The van der Waals surface area contributed by atoms with Crippen LogP contribution in [0, 0.1) is 0 Å². The van der Waals surface area contributed by atoms with Crippen molar-refractivity contribution in [1.82, 2.24) is 15.1 Å². The van der Waals surface area contributed by atoms with E-state index >= 15 is 0 Å². The molecule has 90 valence electrons. The van der Waals surface area contributed by atoms with Crippen LogP contribution >= 0.6 is 0 Å². The van der Waals surface area contributed by atoms with Crippen molar-refractivity contribution >= 4 is 21.4 Å². The second-order valence-electron chi connectivity index (χ2n) is 3.46. The summed E-state index contributed by atoms with van der Waals surface area (Å²) in [5.74, 6) is -1.00. The van der Waals surface area contributed by atoms with Gasteiger partial charge in [0.15, 0.2) is 9.84 Å². The van der Waals surface area contributed by atoms with Crippen LogP contribution in [-0.2, 0) is 21.2 Å². The SMILES string of the molecule is CS(=O)(=O)CC(=O)NCCn1cc(N)cn1. The molecule has 1 aromatic heterocycles. The van der Waals surface area contributed by atoms with Crippen LogP contribution in [0.4, 0.5) is 5.69 Å². The van der Waals surface area contributed by atoms with Gasteiger partial charge in [-0.3, -0.25) is 9.48 Å². The molecule has 3 N–H and O–H groups in total. The molecule has 0 fully saturated rings. The number of sulfone groups is 1. The first-order valence-corrected chi connectivity index (χ1v) is 6.65. The molecular formula is C8H14N4O3S. The number of carbonyl (C=O) groups excluding carboxylic acids is 1. The first-order valence-electron chi connectivity index (χ1n) is 4.59. The Morgan fingerprint density at radius 3 is 2.81 bits per heavy atom. The summed E-state index contributed by atoms with van der Waals surface area (Å²) in [7, 11) is -3.27. The molecule has 0 aliphatic heterocycles. The molecule has 7 nitrogen and oxygen atoms in total. The zero-order chi connectivity index (χ0) is 12.2. The van der Waals surface area contributed by atoms with Crippen LogP contribution in [0.15, 0.2) is 12.4 Å². The summed E-state index contributed by atoms with van der Waals surface area (Å²) < 4.78 is 23.1. The molecule has 0 radical (unpaired) electrons. The minimum absolute atomic E-state index is 0.315. The molecule has 8 heteroatoms. The number of carbonyl (C=O) groups is 1. The normalized spacial score (nSPS) is 11.3. The highest BCUT2D eigenvalue weighted by atomic mass is 32.2. The van der Waals surface area contributed by atoms with E-state index in [0.29, 0.717) is 18.8 Å². The van der Waals surface area contributed by atoms with E-state index in [1.807, 2.05) is 0 Å². The summed E-state index contributed by atoms with van der Waals surface area (Å²) in [6, 6.07) is 0. The van der Waals surface area contributed by atoms with Crippen molar-refractivity contribution in [2.75, 3.05) is 24.3 Å². The topological polar surface area (TPSA) is 107 Å². The molecule has 0 spiro atoms. The molecule has 1 heterocycles. The first kappa shape index (κ1) is 12.5. The van der Waals surface area contributed by atoms with E-state index in [9.17, 15) is 13.2 Å². The van der Waals surface area contributed by atoms with E-state index < -0.39 is 21.5 Å². The Labute approximate surface area is 93.5 Å². The number of hydrogen-bond acceptors (Lipinski definition) is 5. The summed E-state index contributed by atoms with van der Waals surface area (Å²) in [4.78, 5) is 11.1. The van der Waals surface area contributed by atoms with Gasteiger partial charge < -0.3 is 11.1 Å². The fourth-order valence-electron chi connectivity index (χ4n) is 1.10. The number of rotatable bonds is 5. The highest BCUT2D eigenvalue weighted by Crippen LogP contribution is 1.96. The van der Waals surface area contributed by atoms with E-state index in [1.54, 1.807) is 10.9 Å². The summed E-state index contributed by atoms with van der Waals surface area (Å²) in [5, 5.41) is 6.39. The minimum Gasteiger partial charge on any atom is -0.396 e. The second kappa shape index (κ2) is 4.97. The van der Waals surface area contributed by atoms with Gasteiger partial charge in [-0.1, -0.05) is 0 Å². The molecule has 0 unspecified atom stereocenters. The van der Waals surface area contributed by atoms with Crippen molar-refractivity contribution in [3.63, 3.8) is 0 Å². The van der Waals surface area contributed by atoms with E-state index in [1.165, 1.54) is 6.20 Å². The van der Waals surface area contributed by atoms with Crippen LogP contribution in [0.3, 0.4) is 0 Å². The van der Waals surface area contributed by atoms with Gasteiger partial charge in [-0.15, -0.1) is 0 Å². The molecule has 0 saturated heterocycles. The van der Waals surface area contributed by atoms with Gasteiger partial charge in [-0.2, -0.15) is 5.10 Å². The first-order chi connectivity index (χ1) is 7.37. The number of nitrogen functional groups attached to an aromatic ring is 1. The molecule has 1 rings (SSSR count). The third-order valence-electron chi connectivity index (χ3n) is 1.71. The van der Waals surface area contributed by atoms with Crippen LogP contribution in [-0.4, -0.2) is 42.7 Å². The van der Waals surface area contributed by atoms with Gasteiger partial charge in [0, 0.05) is 19.0 Å². The van der Waals surface area contributed by atoms with Crippen molar-refractivity contribution in [3.8, 4) is 0 Å². The van der Waals surface area contributed by atoms with Gasteiger partial charge in [0.05, 0.1) is 18.4 Å². The lowest BCUT2D eigenvalue weighted by molar-refractivity contribution is -0.118. The van der Waals surface area contributed by atoms with Gasteiger partial charge in [0.1, 0.15) is 5.75 Å². The maximum Gasteiger partial charge on any atom is 0.235 e. The highest BCUT2D eigenvalue weighted by molar-refractivity contribution is 7.91. The largest absolute Gasteiger partial charge is 0.396 e. The Hall–Kier alpha value is -1.57. The van der Waals surface area contributed by atoms with Crippen molar-refractivity contribution in [2.45, 2.75) is 6.54 Å². The quantitative estimate of drug-likeness (QED) is 0.666. The fraction of sp³-hybridized carbons (Fsp3) is 0.500. The lowest BCUT2D eigenvalue weighted by Gasteiger charge is -2.04. The number of nitrogens with zero attached hydrogens (tertiary/aromatic N) is 2. The fourth-order valence-corrected chi connectivity index (χ4v) is 1.68. The predicted octanol–water partition coefficient (Wildman–Crippen LogP) is -1.37. The molecule has 0 aliphatic carbocycles. The Bertz CT molecular complexity index is 465. The molecule has 1 aromatic rings. The van der Waals surface area contributed by atoms with Crippen LogP contribution in [0.25, 0.3) is 0 Å². The van der Waals surface area contributed by atoms with Crippen LogP contribution in [0.1, 0.15) is 0 Å². The van der Waals surface area contributed by atoms with Gasteiger partial charge >= 0.3 is 0 Å². The van der Waals surface area contributed by atoms with E-state index in [0.717, 1.165) is 6.26 Å². The summed E-state index contributed by atoms with van der Waals surface area (Å²) in [6.07, 6.45) is 4.14. The third kappa shape index (κ3) is 4.78. The van der Waals surface area contributed by atoms with Crippen molar-refractivity contribution < 1.29 is 13.2 Å². The van der Waals surface area contributed by atoms with Crippen LogP contribution in [0.5, 0.6) is 0 Å².